The van der Waals surface area contributed by atoms with Crippen molar-refractivity contribution >= 4 is 12.2 Å². The highest BCUT2D eigenvalue weighted by atomic mass is 16.1. The van der Waals surface area contributed by atoms with E-state index in [9.17, 15) is 4.79 Å². The van der Waals surface area contributed by atoms with Crippen LogP contribution in [0.15, 0.2) is 59.6 Å². The topological polar surface area (TPSA) is 29.4 Å². The van der Waals surface area contributed by atoms with Crippen LogP contribution in [-0.4, -0.2) is 6.08 Å². The molecule has 0 aromatic heterocycles. The Balaban J connectivity index is 2.16. The van der Waals surface area contributed by atoms with Crippen LogP contribution in [0.4, 0.5) is 0 Å². The number of nitrogens with zero attached hydrogens (tertiary/aromatic N) is 1. The maximum atomic E-state index is 10.7. The summed E-state index contributed by atoms with van der Waals surface area (Å²) in [5.41, 5.74) is 2.24. The van der Waals surface area contributed by atoms with Gasteiger partial charge in [-0.3, -0.25) is 0 Å². The third-order valence-electron chi connectivity index (χ3n) is 3.59. The molecule has 3 rings (SSSR count). The van der Waals surface area contributed by atoms with Crippen molar-refractivity contribution in [2.75, 3.05) is 0 Å². The normalized spacial score (nSPS) is 27.9. The van der Waals surface area contributed by atoms with E-state index in [1.54, 1.807) is 6.08 Å². The van der Waals surface area contributed by atoms with Crippen molar-refractivity contribution in [3.05, 3.63) is 65.8 Å². The fourth-order valence-electron chi connectivity index (χ4n) is 2.72. The number of benzene rings is 1. The standard InChI is InChI=1S/C16H13NO/c18-11-17-16-14-7-3-1-5-12(14)9-10-13-6-2-4-8-15(13)16/h1-10,12,14,16H. The second kappa shape index (κ2) is 4.59. The minimum absolute atomic E-state index is 0.139. The van der Waals surface area contributed by atoms with E-state index in [1.165, 1.54) is 0 Å². The Labute approximate surface area is 106 Å². The first-order valence-electron chi connectivity index (χ1n) is 6.09. The number of allylic oxidation sites excluding steroid dienone is 4. The SMILES string of the molecule is O=C=NC1c2ccccc2C=CC2C=CC=CC21. The smallest absolute Gasteiger partial charge is 0.211 e. The molecule has 0 bridgehead atoms. The summed E-state index contributed by atoms with van der Waals surface area (Å²) in [5.74, 6) is 0.501. The highest BCUT2D eigenvalue weighted by molar-refractivity contribution is 5.58. The second-order valence-corrected chi connectivity index (χ2v) is 4.58. The molecule has 0 saturated carbocycles. The molecule has 1 aromatic carbocycles. The molecule has 18 heavy (non-hydrogen) atoms. The molecule has 0 heterocycles. The van der Waals surface area contributed by atoms with Gasteiger partial charge in [-0.1, -0.05) is 60.7 Å². The van der Waals surface area contributed by atoms with E-state index in [2.05, 4.69) is 35.4 Å². The number of fused-ring (bicyclic) bond motifs is 2. The maximum Gasteiger partial charge on any atom is 0.235 e. The van der Waals surface area contributed by atoms with Crippen LogP contribution in [0.5, 0.6) is 0 Å². The highest BCUT2D eigenvalue weighted by Gasteiger charge is 2.30. The molecule has 2 heteroatoms. The van der Waals surface area contributed by atoms with Gasteiger partial charge in [-0.05, 0) is 11.1 Å². The van der Waals surface area contributed by atoms with Crippen molar-refractivity contribution in [3.63, 3.8) is 0 Å². The third kappa shape index (κ3) is 1.77. The molecule has 3 atom stereocenters. The van der Waals surface area contributed by atoms with Gasteiger partial charge in [0.15, 0.2) is 0 Å². The van der Waals surface area contributed by atoms with Crippen LogP contribution < -0.4 is 0 Å². The van der Waals surface area contributed by atoms with Crippen molar-refractivity contribution in [1.29, 1.82) is 0 Å². The van der Waals surface area contributed by atoms with Crippen molar-refractivity contribution in [1.82, 2.24) is 0 Å². The molecule has 88 valence electrons. The highest BCUT2D eigenvalue weighted by Crippen LogP contribution is 2.40. The van der Waals surface area contributed by atoms with Gasteiger partial charge in [-0.2, -0.15) is 4.99 Å². The Morgan fingerprint density at radius 3 is 2.78 bits per heavy atom. The van der Waals surface area contributed by atoms with E-state index in [1.807, 2.05) is 30.4 Å². The molecule has 2 nitrogen and oxygen atoms in total. The van der Waals surface area contributed by atoms with Crippen LogP contribution in [0.2, 0.25) is 0 Å². The van der Waals surface area contributed by atoms with E-state index >= 15 is 0 Å². The van der Waals surface area contributed by atoms with Gasteiger partial charge in [0.05, 0.1) is 6.04 Å². The zero-order valence-corrected chi connectivity index (χ0v) is 9.86. The molecule has 2 aliphatic rings. The Bertz CT molecular complexity index is 591. The number of aliphatic imine (C=N–C) groups is 1. The molecule has 0 radical (unpaired) electrons. The lowest BCUT2D eigenvalue weighted by molar-refractivity contribution is 0.454. The molecule has 1 aromatic rings. The fraction of sp³-hybridized carbons (Fsp3) is 0.188. The molecular formula is C16H13NO. The molecule has 0 amide bonds. The van der Waals surface area contributed by atoms with Gasteiger partial charge < -0.3 is 0 Å². The lowest BCUT2D eigenvalue weighted by atomic mass is 9.81. The van der Waals surface area contributed by atoms with Gasteiger partial charge in [0.2, 0.25) is 6.08 Å². The first kappa shape index (κ1) is 10.9. The average Bonchev–Trinajstić information content (AvgIpc) is 2.58. The summed E-state index contributed by atoms with van der Waals surface area (Å²) in [5, 5.41) is 0. The molecule has 0 N–H and O–H groups in total. The molecule has 0 fully saturated rings. The van der Waals surface area contributed by atoms with Crippen LogP contribution in [0.25, 0.3) is 6.08 Å². The summed E-state index contributed by atoms with van der Waals surface area (Å²) in [6.45, 7) is 0. The Morgan fingerprint density at radius 1 is 1.06 bits per heavy atom. The quantitative estimate of drug-likeness (QED) is 0.541. The summed E-state index contributed by atoms with van der Waals surface area (Å²) in [6.07, 6.45) is 14.4. The molecular weight excluding hydrogens is 222 g/mol. The monoisotopic (exact) mass is 235 g/mol. The van der Waals surface area contributed by atoms with Gasteiger partial charge in [-0.25, -0.2) is 4.79 Å². The molecule has 0 spiro atoms. The Morgan fingerprint density at radius 2 is 1.89 bits per heavy atom. The number of rotatable bonds is 1. The Hall–Kier alpha value is -2.18. The zero-order chi connectivity index (χ0) is 12.4. The first-order chi connectivity index (χ1) is 8.90. The summed E-state index contributed by atoms with van der Waals surface area (Å²) in [7, 11) is 0. The summed E-state index contributed by atoms with van der Waals surface area (Å²) < 4.78 is 0. The van der Waals surface area contributed by atoms with Crippen molar-refractivity contribution in [2.45, 2.75) is 6.04 Å². The van der Waals surface area contributed by atoms with Gasteiger partial charge in [-0.15, -0.1) is 0 Å². The minimum Gasteiger partial charge on any atom is -0.211 e. The lowest BCUT2D eigenvalue weighted by Gasteiger charge is -2.25. The summed E-state index contributed by atoms with van der Waals surface area (Å²) in [4.78, 5) is 14.8. The number of isocyanates is 1. The van der Waals surface area contributed by atoms with Crippen molar-refractivity contribution in [2.24, 2.45) is 16.8 Å². The van der Waals surface area contributed by atoms with Crippen LogP contribution in [0, 0.1) is 11.8 Å². The number of hydrogen-bond donors (Lipinski definition) is 0. The predicted molar refractivity (Wildman–Crippen MR) is 71.6 cm³/mol. The first-order valence-corrected chi connectivity index (χ1v) is 6.09. The molecule has 0 saturated heterocycles. The van der Waals surface area contributed by atoms with E-state index in [-0.39, 0.29) is 12.0 Å². The van der Waals surface area contributed by atoms with E-state index in [0.29, 0.717) is 5.92 Å². The molecule has 0 aliphatic heterocycles. The molecule has 2 aliphatic carbocycles. The van der Waals surface area contributed by atoms with Crippen molar-refractivity contribution < 1.29 is 4.79 Å². The average molecular weight is 235 g/mol. The third-order valence-corrected chi connectivity index (χ3v) is 3.59. The number of carbonyl (C=O) groups excluding carboxylic acids is 1. The van der Waals surface area contributed by atoms with Gasteiger partial charge >= 0.3 is 0 Å². The predicted octanol–water partition coefficient (Wildman–Crippen LogP) is 3.45. The zero-order valence-electron chi connectivity index (χ0n) is 9.86. The molecule has 3 unspecified atom stereocenters. The van der Waals surface area contributed by atoms with Gasteiger partial charge in [0, 0.05) is 11.8 Å². The summed E-state index contributed by atoms with van der Waals surface area (Å²) >= 11 is 0. The van der Waals surface area contributed by atoms with Crippen LogP contribution in [0.1, 0.15) is 17.2 Å². The van der Waals surface area contributed by atoms with Crippen molar-refractivity contribution in [3.8, 4) is 0 Å². The Kier molecular flexibility index (Phi) is 2.79. The second-order valence-electron chi connectivity index (χ2n) is 4.58. The number of hydrogen-bond acceptors (Lipinski definition) is 2. The van der Waals surface area contributed by atoms with E-state index in [4.69, 9.17) is 0 Å². The minimum atomic E-state index is -0.139. The largest absolute Gasteiger partial charge is 0.235 e. The fourth-order valence-corrected chi connectivity index (χ4v) is 2.72. The van der Waals surface area contributed by atoms with Gasteiger partial charge in [0.1, 0.15) is 0 Å². The van der Waals surface area contributed by atoms with Crippen LogP contribution in [0.3, 0.4) is 0 Å². The van der Waals surface area contributed by atoms with Crippen LogP contribution in [-0.2, 0) is 4.79 Å². The van der Waals surface area contributed by atoms with Crippen LogP contribution >= 0.6 is 0 Å². The van der Waals surface area contributed by atoms with E-state index in [0.717, 1.165) is 11.1 Å². The lowest BCUT2D eigenvalue weighted by Crippen LogP contribution is -2.17. The maximum absolute atomic E-state index is 10.7. The van der Waals surface area contributed by atoms with Gasteiger partial charge in [0.25, 0.3) is 0 Å². The van der Waals surface area contributed by atoms with E-state index < -0.39 is 0 Å². The summed E-state index contributed by atoms with van der Waals surface area (Å²) in [6, 6.07) is 7.96.